The molecule has 1 aromatic carbocycles. The number of benzene rings is 1. The van der Waals surface area contributed by atoms with Crippen molar-refractivity contribution in [3.05, 3.63) is 54.4 Å². The molecule has 2 aliphatic rings. The highest BCUT2D eigenvalue weighted by atomic mass is 16.2. The van der Waals surface area contributed by atoms with Crippen LogP contribution in [0, 0.1) is 0 Å². The molecule has 0 aliphatic carbocycles. The highest BCUT2D eigenvalue weighted by molar-refractivity contribution is 5.95. The van der Waals surface area contributed by atoms with Gasteiger partial charge in [-0.1, -0.05) is 12.1 Å². The van der Waals surface area contributed by atoms with Crippen LogP contribution >= 0.6 is 0 Å². The SMILES string of the molecule is O=C(Cc1ccc(N2CCCC2=O)cc1)N1CCN(c2cc[nH+]cc2)CC1. The zero-order valence-electron chi connectivity index (χ0n) is 15.4. The van der Waals surface area contributed by atoms with E-state index in [1.807, 2.05) is 46.5 Å². The number of pyridine rings is 1. The molecule has 1 N–H and O–H groups in total. The quantitative estimate of drug-likeness (QED) is 0.825. The minimum Gasteiger partial charge on any atom is -0.368 e. The van der Waals surface area contributed by atoms with E-state index in [4.69, 9.17) is 0 Å². The van der Waals surface area contributed by atoms with Crippen molar-refractivity contribution < 1.29 is 14.6 Å². The van der Waals surface area contributed by atoms with Gasteiger partial charge in [-0.25, -0.2) is 4.98 Å². The zero-order chi connectivity index (χ0) is 18.6. The topological polar surface area (TPSA) is 58.0 Å². The second kappa shape index (κ2) is 7.78. The Morgan fingerprint density at radius 3 is 2.22 bits per heavy atom. The third kappa shape index (κ3) is 3.94. The third-order valence-electron chi connectivity index (χ3n) is 5.37. The summed E-state index contributed by atoms with van der Waals surface area (Å²) < 4.78 is 0. The summed E-state index contributed by atoms with van der Waals surface area (Å²) in [5.74, 6) is 0.356. The maximum Gasteiger partial charge on any atom is 0.227 e. The van der Waals surface area contributed by atoms with Crippen molar-refractivity contribution in [1.29, 1.82) is 0 Å². The van der Waals surface area contributed by atoms with Crippen LogP contribution in [0.15, 0.2) is 48.8 Å². The lowest BCUT2D eigenvalue weighted by molar-refractivity contribution is -0.377. The summed E-state index contributed by atoms with van der Waals surface area (Å²) in [4.78, 5) is 33.6. The number of piperazine rings is 1. The summed E-state index contributed by atoms with van der Waals surface area (Å²) >= 11 is 0. The Balaban J connectivity index is 1.31. The van der Waals surface area contributed by atoms with E-state index in [1.54, 1.807) is 0 Å². The lowest BCUT2D eigenvalue weighted by Gasteiger charge is -2.35. The molecule has 2 aliphatic heterocycles. The van der Waals surface area contributed by atoms with Gasteiger partial charge >= 0.3 is 0 Å². The molecule has 2 amide bonds. The van der Waals surface area contributed by atoms with Crippen LogP contribution in [0.5, 0.6) is 0 Å². The van der Waals surface area contributed by atoms with E-state index in [9.17, 15) is 9.59 Å². The fourth-order valence-corrected chi connectivity index (χ4v) is 3.80. The summed E-state index contributed by atoms with van der Waals surface area (Å²) in [5.41, 5.74) is 3.12. The number of hydrogen-bond donors (Lipinski definition) is 0. The Hall–Kier alpha value is -2.89. The molecule has 140 valence electrons. The third-order valence-corrected chi connectivity index (χ3v) is 5.37. The molecule has 0 unspecified atom stereocenters. The van der Waals surface area contributed by atoms with Crippen LogP contribution in [-0.2, 0) is 16.0 Å². The van der Waals surface area contributed by atoms with Crippen LogP contribution in [-0.4, -0.2) is 49.4 Å². The number of nitrogens with one attached hydrogen (secondary N) is 1. The molecule has 4 rings (SSSR count). The number of aromatic amines is 1. The number of carbonyl (C=O) groups excluding carboxylic acids is 2. The van der Waals surface area contributed by atoms with E-state index in [-0.39, 0.29) is 11.8 Å². The van der Waals surface area contributed by atoms with Gasteiger partial charge in [0.05, 0.1) is 6.42 Å². The van der Waals surface area contributed by atoms with Crippen LogP contribution in [0.1, 0.15) is 18.4 Å². The van der Waals surface area contributed by atoms with Crippen molar-refractivity contribution in [2.24, 2.45) is 0 Å². The molecule has 0 saturated carbocycles. The van der Waals surface area contributed by atoms with Crippen LogP contribution < -0.4 is 14.8 Å². The number of rotatable bonds is 4. The van der Waals surface area contributed by atoms with Crippen LogP contribution in [0.2, 0.25) is 0 Å². The molecule has 27 heavy (non-hydrogen) atoms. The lowest BCUT2D eigenvalue weighted by atomic mass is 10.1. The molecule has 0 atom stereocenters. The van der Waals surface area contributed by atoms with Gasteiger partial charge in [-0.05, 0) is 24.1 Å². The van der Waals surface area contributed by atoms with Crippen molar-refractivity contribution in [3.8, 4) is 0 Å². The number of carbonyl (C=O) groups is 2. The molecule has 1 aromatic heterocycles. The van der Waals surface area contributed by atoms with Gasteiger partial charge in [-0.15, -0.1) is 0 Å². The molecule has 3 heterocycles. The van der Waals surface area contributed by atoms with Crippen molar-refractivity contribution in [3.63, 3.8) is 0 Å². The molecule has 0 radical (unpaired) electrons. The van der Waals surface area contributed by atoms with Gasteiger partial charge in [-0.3, -0.25) is 9.59 Å². The maximum atomic E-state index is 12.6. The van der Waals surface area contributed by atoms with Crippen LogP contribution in [0.25, 0.3) is 0 Å². The maximum absolute atomic E-state index is 12.6. The molecule has 6 heteroatoms. The van der Waals surface area contributed by atoms with Crippen molar-refractivity contribution >= 4 is 23.2 Å². The first-order valence-electron chi connectivity index (χ1n) is 9.59. The van der Waals surface area contributed by atoms with E-state index in [1.165, 1.54) is 5.69 Å². The number of hydrogen-bond acceptors (Lipinski definition) is 3. The van der Waals surface area contributed by atoms with Gasteiger partial charge in [0.1, 0.15) is 0 Å². The Morgan fingerprint density at radius 2 is 1.59 bits per heavy atom. The van der Waals surface area contributed by atoms with Gasteiger partial charge < -0.3 is 14.7 Å². The lowest BCUT2D eigenvalue weighted by Crippen LogP contribution is -2.49. The molecular formula is C21H25N4O2+. The highest BCUT2D eigenvalue weighted by Gasteiger charge is 2.23. The first-order chi connectivity index (χ1) is 13.2. The molecule has 2 saturated heterocycles. The van der Waals surface area contributed by atoms with Gasteiger partial charge in [0.25, 0.3) is 0 Å². The van der Waals surface area contributed by atoms with E-state index in [0.29, 0.717) is 12.8 Å². The van der Waals surface area contributed by atoms with Crippen molar-refractivity contribution in [2.75, 3.05) is 42.5 Å². The van der Waals surface area contributed by atoms with Gasteiger partial charge in [-0.2, -0.15) is 0 Å². The summed E-state index contributed by atoms with van der Waals surface area (Å²) in [6.45, 7) is 3.99. The standard InChI is InChI=1S/C21H24N4O2/c26-20-2-1-11-25(20)19-5-3-17(4-6-19)16-21(27)24-14-12-23(13-15-24)18-7-9-22-10-8-18/h3-10H,1-2,11-16H2/p+1. The van der Waals surface area contributed by atoms with E-state index in [0.717, 1.165) is 50.4 Å². The normalized spacial score (nSPS) is 17.5. The first kappa shape index (κ1) is 17.5. The first-order valence-corrected chi connectivity index (χ1v) is 9.59. The number of anilines is 2. The fourth-order valence-electron chi connectivity index (χ4n) is 3.80. The summed E-state index contributed by atoms with van der Waals surface area (Å²) in [7, 11) is 0. The van der Waals surface area contributed by atoms with Crippen molar-refractivity contribution in [2.45, 2.75) is 19.3 Å². The van der Waals surface area contributed by atoms with Gasteiger partial charge in [0.15, 0.2) is 12.4 Å². The molecule has 0 bridgehead atoms. The van der Waals surface area contributed by atoms with Gasteiger partial charge in [0.2, 0.25) is 11.8 Å². The Bertz CT molecular complexity index is 799. The highest BCUT2D eigenvalue weighted by Crippen LogP contribution is 2.22. The average Bonchev–Trinajstić information content (AvgIpc) is 3.15. The van der Waals surface area contributed by atoms with Crippen LogP contribution in [0.4, 0.5) is 11.4 Å². The summed E-state index contributed by atoms with van der Waals surface area (Å²) in [6, 6.07) is 12.0. The van der Waals surface area contributed by atoms with Gasteiger partial charge in [0, 0.05) is 62.7 Å². The van der Waals surface area contributed by atoms with Crippen LogP contribution in [0.3, 0.4) is 0 Å². The number of amides is 2. The Kier molecular flexibility index (Phi) is 5.05. The largest absolute Gasteiger partial charge is 0.368 e. The fraction of sp³-hybridized carbons (Fsp3) is 0.381. The monoisotopic (exact) mass is 365 g/mol. The predicted octanol–water partition coefficient (Wildman–Crippen LogP) is 1.52. The second-order valence-electron chi connectivity index (χ2n) is 7.12. The number of aromatic nitrogens is 1. The zero-order valence-corrected chi connectivity index (χ0v) is 15.4. The molecular weight excluding hydrogens is 340 g/mol. The smallest absolute Gasteiger partial charge is 0.227 e. The molecule has 0 spiro atoms. The minimum absolute atomic E-state index is 0.168. The molecule has 2 fully saturated rings. The summed E-state index contributed by atoms with van der Waals surface area (Å²) in [5, 5.41) is 0. The second-order valence-corrected chi connectivity index (χ2v) is 7.12. The minimum atomic E-state index is 0.168. The molecule has 2 aromatic rings. The summed E-state index contributed by atoms with van der Waals surface area (Å²) in [6.07, 6.45) is 5.81. The van der Waals surface area contributed by atoms with E-state index >= 15 is 0 Å². The molecule has 6 nitrogen and oxygen atoms in total. The van der Waals surface area contributed by atoms with E-state index in [2.05, 4.69) is 22.0 Å². The number of nitrogens with zero attached hydrogens (tertiary/aromatic N) is 3. The average molecular weight is 365 g/mol. The Labute approximate surface area is 159 Å². The predicted molar refractivity (Wildman–Crippen MR) is 104 cm³/mol. The number of H-pyrrole nitrogens is 1. The Morgan fingerprint density at radius 1 is 0.889 bits per heavy atom. The van der Waals surface area contributed by atoms with E-state index < -0.39 is 0 Å². The van der Waals surface area contributed by atoms with Crippen molar-refractivity contribution in [1.82, 2.24) is 4.90 Å².